The molecule has 1 heterocycles. The summed E-state index contributed by atoms with van der Waals surface area (Å²) in [6.45, 7) is 1.66. The number of nitrogens with one attached hydrogen (secondary N) is 3. The van der Waals surface area contributed by atoms with Crippen molar-refractivity contribution in [2.45, 2.75) is 25.4 Å². The lowest BCUT2D eigenvalue weighted by Crippen LogP contribution is -2.46. The minimum Gasteiger partial charge on any atom is -0.508 e. The van der Waals surface area contributed by atoms with Crippen molar-refractivity contribution in [3.05, 3.63) is 59.7 Å². The maximum absolute atomic E-state index is 12.9. The second kappa shape index (κ2) is 8.24. The minimum atomic E-state index is -1.27. The van der Waals surface area contributed by atoms with Gasteiger partial charge in [0.2, 0.25) is 5.91 Å². The zero-order valence-corrected chi connectivity index (χ0v) is 16.6. The van der Waals surface area contributed by atoms with Crippen LogP contribution < -0.4 is 10.6 Å². The molecule has 1 saturated heterocycles. The Balaban J connectivity index is 1.65. The number of methoxy groups -OCH3 is 1. The van der Waals surface area contributed by atoms with Crippen LogP contribution in [-0.4, -0.2) is 46.4 Å². The average molecular weight is 410 g/mol. The summed E-state index contributed by atoms with van der Waals surface area (Å²) in [6.07, 6.45) is -0.191. The monoisotopic (exact) mass is 410 g/mol. The van der Waals surface area contributed by atoms with E-state index in [2.05, 4.69) is 15.4 Å². The third kappa shape index (κ3) is 4.40. The molecule has 9 nitrogen and oxygen atoms in total. The van der Waals surface area contributed by atoms with Gasteiger partial charge in [0.05, 0.1) is 25.6 Å². The van der Waals surface area contributed by atoms with Crippen LogP contribution in [0.3, 0.4) is 0 Å². The molecule has 1 aliphatic rings. The van der Waals surface area contributed by atoms with E-state index in [0.717, 1.165) is 0 Å². The number of nitrogens with zero attached hydrogens (tertiary/aromatic N) is 1. The summed E-state index contributed by atoms with van der Waals surface area (Å²) in [5.41, 5.74) is 0.207. The van der Waals surface area contributed by atoms with Crippen LogP contribution in [-0.2, 0) is 20.9 Å². The van der Waals surface area contributed by atoms with Gasteiger partial charge >= 0.3 is 5.97 Å². The lowest BCUT2D eigenvalue weighted by atomic mass is 9.97. The number of amides is 2. The van der Waals surface area contributed by atoms with Crippen molar-refractivity contribution in [2.75, 3.05) is 12.4 Å². The molecule has 4 N–H and O–H groups in total. The topological polar surface area (TPSA) is 132 Å². The van der Waals surface area contributed by atoms with Crippen LogP contribution in [0.15, 0.2) is 48.5 Å². The predicted octanol–water partition coefficient (Wildman–Crippen LogP) is 1.83. The van der Waals surface area contributed by atoms with Crippen molar-refractivity contribution < 1.29 is 24.2 Å². The Labute approximate surface area is 173 Å². The lowest BCUT2D eigenvalue weighted by Gasteiger charge is -2.21. The van der Waals surface area contributed by atoms with Gasteiger partial charge in [-0.3, -0.25) is 19.9 Å². The number of hydrogen-bond donors (Lipinski definition) is 4. The van der Waals surface area contributed by atoms with Gasteiger partial charge in [-0.05, 0) is 48.9 Å². The summed E-state index contributed by atoms with van der Waals surface area (Å²) in [7, 11) is 1.28. The summed E-state index contributed by atoms with van der Waals surface area (Å²) in [4.78, 5) is 38.1. The highest BCUT2D eigenvalue weighted by Gasteiger charge is 2.47. The van der Waals surface area contributed by atoms with Crippen LogP contribution in [0.4, 0.5) is 5.69 Å². The molecule has 0 bridgehead atoms. The maximum Gasteiger partial charge on any atom is 0.337 e. The van der Waals surface area contributed by atoms with Crippen molar-refractivity contribution in [2.24, 2.45) is 0 Å². The second-order valence-electron chi connectivity index (χ2n) is 7.16. The van der Waals surface area contributed by atoms with Crippen LogP contribution in [0.1, 0.15) is 29.3 Å². The molecule has 2 aromatic carbocycles. The molecule has 1 atom stereocenters. The van der Waals surface area contributed by atoms with Gasteiger partial charge in [-0.1, -0.05) is 12.1 Å². The highest BCUT2D eigenvalue weighted by molar-refractivity contribution is 6.10. The summed E-state index contributed by atoms with van der Waals surface area (Å²) >= 11 is 0. The second-order valence-corrected chi connectivity index (χ2v) is 7.16. The number of carbonyl (C=O) groups is 3. The first kappa shape index (κ1) is 20.8. The molecule has 3 rings (SSSR count). The van der Waals surface area contributed by atoms with Crippen LogP contribution in [0.25, 0.3) is 0 Å². The molecular formula is C21H22N4O5. The third-order valence-electron chi connectivity index (χ3n) is 4.74. The van der Waals surface area contributed by atoms with Crippen LogP contribution in [0.5, 0.6) is 5.75 Å². The van der Waals surface area contributed by atoms with Crippen LogP contribution in [0.2, 0.25) is 0 Å². The summed E-state index contributed by atoms with van der Waals surface area (Å²) in [6, 6.07) is 12.6. The Bertz CT molecular complexity index is 1000. The number of rotatable bonds is 6. The SMILES string of the molecule is COC(=O)c1ccc(NC(=O)CC2(C)NC(=N)N(Cc3cccc(O)c3)C2=O)cc1. The first-order chi connectivity index (χ1) is 14.2. The number of carbonyl (C=O) groups excluding carboxylic acids is 3. The molecule has 2 aromatic rings. The first-order valence-electron chi connectivity index (χ1n) is 9.17. The highest BCUT2D eigenvalue weighted by atomic mass is 16.5. The van der Waals surface area contributed by atoms with Gasteiger partial charge in [0, 0.05) is 5.69 Å². The standard InChI is InChI=1S/C21H22N4O5/c1-21(11-17(27)23-15-8-6-14(7-9-15)18(28)30-2)19(29)25(20(22)24-21)12-13-4-3-5-16(26)10-13/h3-10,26H,11-12H2,1-2H3,(H2,22,24)(H,23,27). The molecule has 1 unspecified atom stereocenters. The third-order valence-corrected chi connectivity index (χ3v) is 4.74. The molecule has 156 valence electrons. The van der Waals surface area contributed by atoms with Crippen molar-refractivity contribution in [1.82, 2.24) is 10.2 Å². The van der Waals surface area contributed by atoms with Gasteiger partial charge in [-0.2, -0.15) is 0 Å². The maximum atomic E-state index is 12.9. The number of phenols is 1. The molecule has 0 saturated carbocycles. The first-order valence-corrected chi connectivity index (χ1v) is 9.17. The smallest absolute Gasteiger partial charge is 0.337 e. The largest absolute Gasteiger partial charge is 0.508 e. The number of hydrogen-bond acceptors (Lipinski definition) is 6. The van der Waals surface area contributed by atoms with E-state index in [1.807, 2.05) is 0 Å². The quantitative estimate of drug-likeness (QED) is 0.537. The minimum absolute atomic E-state index is 0.0685. The lowest BCUT2D eigenvalue weighted by molar-refractivity contribution is -0.133. The fourth-order valence-electron chi connectivity index (χ4n) is 3.22. The highest BCUT2D eigenvalue weighted by Crippen LogP contribution is 2.24. The zero-order valence-electron chi connectivity index (χ0n) is 16.6. The van der Waals surface area contributed by atoms with Gasteiger partial charge in [0.15, 0.2) is 5.96 Å². The van der Waals surface area contributed by atoms with Gasteiger partial charge in [-0.25, -0.2) is 4.79 Å². The molecule has 0 aromatic heterocycles. The van der Waals surface area contributed by atoms with E-state index >= 15 is 0 Å². The van der Waals surface area contributed by atoms with Gasteiger partial charge in [0.25, 0.3) is 5.91 Å². The Morgan fingerprint density at radius 3 is 2.57 bits per heavy atom. The molecule has 2 amide bonds. The number of benzene rings is 2. The van der Waals surface area contributed by atoms with E-state index in [1.165, 1.54) is 36.3 Å². The number of guanidine groups is 1. The molecule has 1 aliphatic heterocycles. The molecule has 1 fully saturated rings. The normalized spacial score (nSPS) is 18.1. The van der Waals surface area contributed by atoms with E-state index in [0.29, 0.717) is 16.8 Å². The Hall–Kier alpha value is -3.88. The van der Waals surface area contributed by atoms with Gasteiger partial charge in [-0.15, -0.1) is 0 Å². The van der Waals surface area contributed by atoms with Crippen molar-refractivity contribution in [1.29, 1.82) is 5.41 Å². The van der Waals surface area contributed by atoms with Crippen LogP contribution in [0, 0.1) is 5.41 Å². The number of esters is 1. The van der Waals surface area contributed by atoms with E-state index in [9.17, 15) is 19.5 Å². The summed E-state index contributed by atoms with van der Waals surface area (Å²) in [5, 5.41) is 23.2. The van der Waals surface area contributed by atoms with E-state index < -0.39 is 23.3 Å². The van der Waals surface area contributed by atoms with E-state index in [1.54, 1.807) is 31.2 Å². The van der Waals surface area contributed by atoms with E-state index in [4.69, 9.17) is 5.41 Å². The summed E-state index contributed by atoms with van der Waals surface area (Å²) in [5.74, 6) is -1.35. The molecule has 0 aliphatic carbocycles. The number of aromatic hydroxyl groups is 1. The number of anilines is 1. The molecular weight excluding hydrogens is 388 g/mol. The summed E-state index contributed by atoms with van der Waals surface area (Å²) < 4.78 is 4.63. The number of ether oxygens (including phenoxy) is 1. The molecule has 9 heteroatoms. The van der Waals surface area contributed by atoms with Gasteiger partial charge < -0.3 is 20.5 Å². The molecule has 0 radical (unpaired) electrons. The van der Waals surface area contributed by atoms with Crippen molar-refractivity contribution in [3.8, 4) is 5.75 Å². The van der Waals surface area contributed by atoms with Crippen molar-refractivity contribution in [3.63, 3.8) is 0 Å². The van der Waals surface area contributed by atoms with Crippen molar-refractivity contribution >= 4 is 29.4 Å². The van der Waals surface area contributed by atoms with E-state index in [-0.39, 0.29) is 24.7 Å². The number of phenolic OH excluding ortho intramolecular Hbond substituents is 1. The Kier molecular flexibility index (Phi) is 5.72. The average Bonchev–Trinajstić information content (AvgIpc) is 2.90. The van der Waals surface area contributed by atoms with Gasteiger partial charge in [0.1, 0.15) is 11.3 Å². The molecule has 30 heavy (non-hydrogen) atoms. The fraction of sp³-hybridized carbons (Fsp3) is 0.238. The Morgan fingerprint density at radius 1 is 1.23 bits per heavy atom. The van der Waals surface area contributed by atoms with Crippen LogP contribution >= 0.6 is 0 Å². The molecule has 0 spiro atoms. The predicted molar refractivity (Wildman–Crippen MR) is 109 cm³/mol. The fourth-order valence-corrected chi connectivity index (χ4v) is 3.22. The Morgan fingerprint density at radius 2 is 1.93 bits per heavy atom. The zero-order chi connectivity index (χ0) is 21.9.